The van der Waals surface area contributed by atoms with Crippen molar-refractivity contribution < 1.29 is 35.5 Å². The molecular weight excluding hydrogens is 312 g/mol. The topological polar surface area (TPSA) is 143 Å². The van der Waals surface area contributed by atoms with Gasteiger partial charge in [0.1, 0.15) is 11.5 Å². The number of Topliss-reactive ketones (excluding diaryl/α,β-unsaturated/α-hetero) is 2. The second-order valence-corrected chi connectivity index (χ2v) is 6.78. The highest BCUT2D eigenvalue weighted by Gasteiger charge is 2.17. The van der Waals surface area contributed by atoms with Gasteiger partial charge in [-0.2, -0.15) is 16.8 Å². The lowest BCUT2D eigenvalue weighted by molar-refractivity contribution is 0.100. The van der Waals surface area contributed by atoms with E-state index >= 15 is 0 Å². The third-order valence-corrected chi connectivity index (χ3v) is 3.41. The van der Waals surface area contributed by atoms with E-state index in [9.17, 15) is 26.4 Å². The second kappa shape index (κ2) is 5.79. The highest BCUT2D eigenvalue weighted by Crippen LogP contribution is 2.08. The van der Waals surface area contributed by atoms with Crippen molar-refractivity contribution in [3.63, 3.8) is 0 Å². The van der Waals surface area contributed by atoms with Crippen molar-refractivity contribution in [1.29, 1.82) is 0 Å². The monoisotopic (exact) mass is 322 g/mol. The largest absolute Gasteiger partial charge is 0.293 e. The zero-order chi connectivity index (χ0) is 15.6. The summed E-state index contributed by atoms with van der Waals surface area (Å²) in [4.78, 5) is 22.8. The van der Waals surface area contributed by atoms with E-state index < -0.39 is 43.3 Å². The van der Waals surface area contributed by atoms with Crippen LogP contribution in [-0.2, 0) is 20.2 Å². The van der Waals surface area contributed by atoms with Gasteiger partial charge in [-0.25, -0.2) is 0 Å². The molecule has 110 valence electrons. The fourth-order valence-corrected chi connectivity index (χ4v) is 2.34. The van der Waals surface area contributed by atoms with Gasteiger partial charge in [0.15, 0.2) is 11.6 Å². The van der Waals surface area contributed by atoms with Crippen molar-refractivity contribution in [3.8, 4) is 0 Å². The molecular formula is C10H10O8S2. The Bertz CT molecular complexity index is 663. The summed E-state index contributed by atoms with van der Waals surface area (Å²) in [6.45, 7) is 0. The van der Waals surface area contributed by atoms with Gasteiger partial charge in [-0.15, -0.1) is 0 Å². The van der Waals surface area contributed by atoms with Crippen LogP contribution in [0.25, 0.3) is 0 Å². The summed E-state index contributed by atoms with van der Waals surface area (Å²) >= 11 is 0. The van der Waals surface area contributed by atoms with E-state index in [1.54, 1.807) is 0 Å². The third kappa shape index (κ3) is 5.57. The molecule has 0 atom stereocenters. The van der Waals surface area contributed by atoms with Crippen LogP contribution in [0.5, 0.6) is 0 Å². The van der Waals surface area contributed by atoms with Crippen LogP contribution in [0.15, 0.2) is 24.3 Å². The molecule has 0 heterocycles. The van der Waals surface area contributed by atoms with Gasteiger partial charge in [0.2, 0.25) is 0 Å². The first kappa shape index (κ1) is 16.4. The Labute approximate surface area is 114 Å². The molecule has 10 heteroatoms. The van der Waals surface area contributed by atoms with E-state index in [0.29, 0.717) is 0 Å². The molecule has 0 saturated heterocycles. The summed E-state index contributed by atoms with van der Waals surface area (Å²) < 4.78 is 59.2. The van der Waals surface area contributed by atoms with Crippen LogP contribution in [0, 0.1) is 0 Å². The van der Waals surface area contributed by atoms with E-state index in [1.807, 2.05) is 0 Å². The van der Waals surface area contributed by atoms with Gasteiger partial charge >= 0.3 is 0 Å². The Morgan fingerprint density at radius 3 is 1.20 bits per heavy atom. The summed E-state index contributed by atoms with van der Waals surface area (Å²) in [6.07, 6.45) is 0. The molecule has 0 radical (unpaired) electrons. The van der Waals surface area contributed by atoms with Crippen molar-refractivity contribution in [2.45, 2.75) is 0 Å². The predicted octanol–water partition coefficient (Wildman–Crippen LogP) is -0.172. The molecule has 0 bridgehead atoms. The van der Waals surface area contributed by atoms with E-state index in [-0.39, 0.29) is 11.1 Å². The van der Waals surface area contributed by atoms with Crippen LogP contribution >= 0.6 is 0 Å². The van der Waals surface area contributed by atoms with Gasteiger partial charge in [-0.05, 0) is 0 Å². The standard InChI is InChI=1S/C10H10O8S2/c11-9(5-19(13,14)15)7-1-2-8(4-3-7)10(12)6-20(16,17)18/h1-4H,5-6H2,(H,13,14,15)(H,16,17,18). The minimum atomic E-state index is -4.45. The molecule has 1 rings (SSSR count). The van der Waals surface area contributed by atoms with Crippen molar-refractivity contribution in [2.24, 2.45) is 0 Å². The summed E-state index contributed by atoms with van der Waals surface area (Å²) in [6, 6.07) is 4.46. The van der Waals surface area contributed by atoms with Crippen molar-refractivity contribution >= 4 is 31.8 Å². The van der Waals surface area contributed by atoms with Crippen LogP contribution in [0.4, 0.5) is 0 Å². The van der Waals surface area contributed by atoms with E-state index in [1.165, 1.54) is 0 Å². The maximum absolute atomic E-state index is 11.4. The number of carbonyl (C=O) groups excluding carboxylic acids is 2. The Hall–Kier alpha value is -1.62. The molecule has 0 unspecified atom stereocenters. The smallest absolute Gasteiger partial charge is 0.272 e. The van der Waals surface area contributed by atoms with Gasteiger partial charge in [0.25, 0.3) is 20.2 Å². The number of hydrogen-bond donors (Lipinski definition) is 2. The maximum Gasteiger partial charge on any atom is 0.272 e. The molecule has 20 heavy (non-hydrogen) atoms. The second-order valence-electron chi connectivity index (χ2n) is 3.88. The van der Waals surface area contributed by atoms with Crippen LogP contribution < -0.4 is 0 Å². The number of rotatable bonds is 6. The molecule has 0 amide bonds. The highest BCUT2D eigenvalue weighted by molar-refractivity contribution is 7.86. The number of carbonyl (C=O) groups is 2. The van der Waals surface area contributed by atoms with Crippen molar-refractivity contribution in [3.05, 3.63) is 35.4 Å². The number of benzene rings is 1. The molecule has 0 spiro atoms. The van der Waals surface area contributed by atoms with Gasteiger partial charge in [-0.3, -0.25) is 18.7 Å². The van der Waals surface area contributed by atoms with E-state index in [0.717, 1.165) is 24.3 Å². The van der Waals surface area contributed by atoms with Crippen LogP contribution in [-0.4, -0.2) is 49.0 Å². The predicted molar refractivity (Wildman–Crippen MR) is 67.9 cm³/mol. The zero-order valence-electron chi connectivity index (χ0n) is 9.88. The molecule has 2 N–H and O–H groups in total. The third-order valence-electron chi connectivity index (χ3n) is 2.16. The maximum atomic E-state index is 11.4. The minimum absolute atomic E-state index is 0.0639. The highest BCUT2D eigenvalue weighted by atomic mass is 32.2. The minimum Gasteiger partial charge on any atom is -0.293 e. The average Bonchev–Trinajstić information content (AvgIpc) is 2.24. The first-order valence-electron chi connectivity index (χ1n) is 5.05. The lowest BCUT2D eigenvalue weighted by Crippen LogP contribution is -2.16. The van der Waals surface area contributed by atoms with Gasteiger partial charge in [0.05, 0.1) is 0 Å². The van der Waals surface area contributed by atoms with Crippen LogP contribution in [0.2, 0.25) is 0 Å². The number of ketones is 2. The van der Waals surface area contributed by atoms with E-state index in [2.05, 4.69) is 0 Å². The molecule has 0 aromatic heterocycles. The summed E-state index contributed by atoms with van der Waals surface area (Å²) in [5.41, 5.74) is -0.128. The lowest BCUT2D eigenvalue weighted by Gasteiger charge is -2.02. The first-order valence-corrected chi connectivity index (χ1v) is 8.26. The SMILES string of the molecule is O=C(CS(=O)(=O)O)c1ccc(C(=O)CS(=O)(=O)O)cc1. The van der Waals surface area contributed by atoms with E-state index in [4.69, 9.17) is 9.11 Å². The molecule has 8 nitrogen and oxygen atoms in total. The van der Waals surface area contributed by atoms with Crippen LogP contribution in [0.1, 0.15) is 20.7 Å². The van der Waals surface area contributed by atoms with Gasteiger partial charge < -0.3 is 0 Å². The molecule has 0 aliphatic carbocycles. The Morgan fingerprint density at radius 2 is 1.00 bits per heavy atom. The van der Waals surface area contributed by atoms with Gasteiger partial charge in [0, 0.05) is 11.1 Å². The number of hydrogen-bond acceptors (Lipinski definition) is 6. The van der Waals surface area contributed by atoms with Gasteiger partial charge in [-0.1, -0.05) is 24.3 Å². The molecule has 1 aromatic carbocycles. The van der Waals surface area contributed by atoms with Crippen molar-refractivity contribution in [1.82, 2.24) is 0 Å². The average molecular weight is 322 g/mol. The lowest BCUT2D eigenvalue weighted by atomic mass is 10.1. The normalized spacial score (nSPS) is 12.1. The molecule has 0 aliphatic rings. The quantitative estimate of drug-likeness (QED) is 0.542. The summed E-state index contributed by atoms with van der Waals surface area (Å²) in [5.74, 6) is -3.93. The first-order chi connectivity index (χ1) is 8.98. The Morgan fingerprint density at radius 1 is 0.750 bits per heavy atom. The fourth-order valence-electron chi connectivity index (χ4n) is 1.34. The Kier molecular flexibility index (Phi) is 4.76. The molecule has 0 fully saturated rings. The zero-order valence-corrected chi connectivity index (χ0v) is 11.5. The Balaban J connectivity index is 2.89. The molecule has 0 aliphatic heterocycles. The fraction of sp³-hybridized carbons (Fsp3) is 0.200. The molecule has 1 aromatic rings. The van der Waals surface area contributed by atoms with Crippen LogP contribution in [0.3, 0.4) is 0 Å². The summed E-state index contributed by atoms with van der Waals surface area (Å²) in [7, 11) is -8.90. The molecule has 0 saturated carbocycles. The van der Waals surface area contributed by atoms with Crippen molar-refractivity contribution in [2.75, 3.05) is 11.5 Å². The summed E-state index contributed by atoms with van der Waals surface area (Å²) in [5, 5.41) is 0.